The van der Waals surface area contributed by atoms with E-state index in [4.69, 9.17) is 0 Å². The number of carbonyl (C=O) groups excluding carboxylic acids is 1. The maximum Gasteiger partial charge on any atom is 0.243 e. The van der Waals surface area contributed by atoms with Crippen molar-refractivity contribution in [3.05, 3.63) is 72.2 Å². The number of hydrazone groups is 1. The summed E-state index contributed by atoms with van der Waals surface area (Å²) in [5.41, 5.74) is 3.40. The number of benzene rings is 1. The number of rotatable bonds is 5. The second-order valence-electron chi connectivity index (χ2n) is 6.54. The highest BCUT2D eigenvalue weighted by molar-refractivity contribution is 6.02. The van der Waals surface area contributed by atoms with Gasteiger partial charge in [0.1, 0.15) is 0 Å². The predicted molar refractivity (Wildman–Crippen MR) is 103 cm³/mol. The first-order chi connectivity index (χ1) is 13.3. The minimum atomic E-state index is -0.273. The Balaban J connectivity index is 1.77. The molecule has 0 spiro atoms. The third-order valence-corrected chi connectivity index (χ3v) is 4.79. The number of carbonyl (C=O) groups is 1. The van der Waals surface area contributed by atoms with Crippen LogP contribution in [0.4, 0.5) is 0 Å². The molecule has 1 unspecified atom stereocenters. The van der Waals surface area contributed by atoms with Crippen molar-refractivity contribution < 1.29 is 9.90 Å². The van der Waals surface area contributed by atoms with E-state index in [1.165, 1.54) is 5.01 Å². The van der Waals surface area contributed by atoms with Crippen LogP contribution in [0, 0.1) is 0 Å². The van der Waals surface area contributed by atoms with Crippen molar-refractivity contribution in [1.29, 1.82) is 0 Å². The van der Waals surface area contributed by atoms with E-state index in [0.717, 1.165) is 22.2 Å². The number of nitrogens with zero attached hydrogens (tertiary/aromatic N) is 4. The average molecular weight is 360 g/mol. The molecular weight excluding hydrogens is 340 g/mol. The number of aliphatic hydroxyl groups excluding tert-OH is 1. The van der Waals surface area contributed by atoms with Crippen molar-refractivity contribution >= 4 is 22.5 Å². The predicted octanol–water partition coefficient (Wildman–Crippen LogP) is 2.56. The van der Waals surface area contributed by atoms with Gasteiger partial charge in [0.2, 0.25) is 5.91 Å². The molecule has 1 saturated heterocycles. The smallest absolute Gasteiger partial charge is 0.243 e. The van der Waals surface area contributed by atoms with Crippen LogP contribution in [-0.4, -0.2) is 44.4 Å². The van der Waals surface area contributed by atoms with Crippen molar-refractivity contribution in [3.8, 4) is 0 Å². The van der Waals surface area contributed by atoms with Gasteiger partial charge in [0.15, 0.2) is 0 Å². The number of fused-ring (bicyclic) bond motifs is 1. The molecule has 0 bridgehead atoms. The van der Waals surface area contributed by atoms with Gasteiger partial charge in [-0.1, -0.05) is 24.3 Å². The molecule has 3 heterocycles. The van der Waals surface area contributed by atoms with Gasteiger partial charge in [0.25, 0.3) is 0 Å². The van der Waals surface area contributed by atoms with Crippen molar-refractivity contribution in [2.75, 3.05) is 6.61 Å². The molecule has 0 radical (unpaired) electrons. The largest absolute Gasteiger partial charge is 0.394 e. The summed E-state index contributed by atoms with van der Waals surface area (Å²) < 4.78 is 0. The lowest BCUT2D eigenvalue weighted by Gasteiger charge is -2.19. The fraction of sp³-hybridized carbons (Fsp3) is 0.238. The Morgan fingerprint density at radius 1 is 1.11 bits per heavy atom. The first-order valence-electron chi connectivity index (χ1n) is 9.00. The molecular formula is C21H20N4O2. The molecule has 1 aromatic carbocycles. The summed E-state index contributed by atoms with van der Waals surface area (Å²) >= 11 is 0. The Morgan fingerprint density at radius 3 is 2.78 bits per heavy atom. The van der Waals surface area contributed by atoms with Crippen LogP contribution in [0.15, 0.2) is 66.0 Å². The molecule has 0 aliphatic carbocycles. The summed E-state index contributed by atoms with van der Waals surface area (Å²) in [6.45, 7) is -0.0943. The van der Waals surface area contributed by atoms with E-state index in [-0.39, 0.29) is 18.6 Å². The highest BCUT2D eigenvalue weighted by Gasteiger charge is 2.31. The quantitative estimate of drug-likeness (QED) is 0.709. The molecule has 6 heteroatoms. The van der Waals surface area contributed by atoms with Crippen LogP contribution in [0.2, 0.25) is 0 Å². The van der Waals surface area contributed by atoms with Gasteiger partial charge in [-0.25, -0.2) is 5.01 Å². The van der Waals surface area contributed by atoms with Crippen molar-refractivity contribution in [1.82, 2.24) is 15.0 Å². The number of aliphatic hydroxyl groups is 1. The molecule has 4 rings (SSSR count). The number of para-hydroxylation sites is 1. The van der Waals surface area contributed by atoms with E-state index in [1.807, 2.05) is 48.5 Å². The fourth-order valence-electron chi connectivity index (χ4n) is 3.37. The molecule has 1 aliphatic heterocycles. The van der Waals surface area contributed by atoms with Crippen LogP contribution in [0.5, 0.6) is 0 Å². The Labute approximate surface area is 157 Å². The van der Waals surface area contributed by atoms with Crippen LogP contribution in [0.25, 0.3) is 10.9 Å². The Morgan fingerprint density at radius 2 is 1.96 bits per heavy atom. The lowest BCUT2D eigenvalue weighted by molar-refractivity contribution is -0.129. The van der Waals surface area contributed by atoms with Gasteiger partial charge in [0.05, 0.1) is 29.6 Å². The SMILES string of the molecule is O=C1CCC(CO)N1/N=C(\Cc1ccnc2ccccc12)c1ccccn1. The first-order valence-corrected chi connectivity index (χ1v) is 9.00. The van der Waals surface area contributed by atoms with Gasteiger partial charge in [0, 0.05) is 30.6 Å². The molecule has 0 saturated carbocycles. The van der Waals surface area contributed by atoms with Crippen molar-refractivity contribution in [3.63, 3.8) is 0 Å². The zero-order valence-electron chi connectivity index (χ0n) is 14.8. The third-order valence-electron chi connectivity index (χ3n) is 4.79. The number of hydrogen-bond acceptors (Lipinski definition) is 5. The van der Waals surface area contributed by atoms with Gasteiger partial charge in [-0.05, 0) is 36.2 Å². The molecule has 1 aliphatic rings. The topological polar surface area (TPSA) is 78.7 Å². The molecule has 1 atom stereocenters. The Bertz CT molecular complexity index is 982. The van der Waals surface area contributed by atoms with Crippen LogP contribution in [0.3, 0.4) is 0 Å². The second kappa shape index (κ2) is 7.63. The molecule has 3 aromatic rings. The van der Waals surface area contributed by atoms with Crippen molar-refractivity contribution in [2.45, 2.75) is 25.3 Å². The van der Waals surface area contributed by atoms with E-state index >= 15 is 0 Å². The number of hydrogen-bond donors (Lipinski definition) is 1. The van der Waals surface area contributed by atoms with E-state index in [1.54, 1.807) is 12.4 Å². The first kappa shape index (κ1) is 17.3. The van der Waals surface area contributed by atoms with Crippen LogP contribution in [0.1, 0.15) is 24.1 Å². The van der Waals surface area contributed by atoms with Gasteiger partial charge in [-0.3, -0.25) is 14.8 Å². The van der Waals surface area contributed by atoms with Crippen molar-refractivity contribution in [2.24, 2.45) is 5.10 Å². The molecule has 136 valence electrons. The average Bonchev–Trinajstić information content (AvgIpc) is 3.08. The normalized spacial score (nSPS) is 17.7. The molecule has 1 N–H and O–H groups in total. The molecule has 2 aromatic heterocycles. The maximum absolute atomic E-state index is 12.3. The van der Waals surface area contributed by atoms with Crippen LogP contribution < -0.4 is 0 Å². The van der Waals surface area contributed by atoms with E-state index in [9.17, 15) is 9.90 Å². The number of aromatic nitrogens is 2. The standard InChI is InChI=1S/C21H20N4O2/c26-14-16-8-9-21(27)25(16)24-20(19-7-3-4-11-22-19)13-15-10-12-23-18-6-2-1-5-17(15)18/h1-7,10-12,16,26H,8-9,13-14H2/b24-20+. The third kappa shape index (κ3) is 3.57. The van der Waals surface area contributed by atoms with Crippen LogP contribution in [-0.2, 0) is 11.2 Å². The minimum absolute atomic E-state index is 0.0675. The minimum Gasteiger partial charge on any atom is -0.394 e. The van der Waals surface area contributed by atoms with E-state index < -0.39 is 0 Å². The second-order valence-corrected chi connectivity index (χ2v) is 6.54. The molecule has 1 amide bonds. The van der Waals surface area contributed by atoms with Gasteiger partial charge < -0.3 is 5.11 Å². The monoisotopic (exact) mass is 360 g/mol. The summed E-state index contributed by atoms with van der Waals surface area (Å²) in [5, 5.41) is 16.7. The summed E-state index contributed by atoms with van der Waals surface area (Å²) in [5.74, 6) is -0.0675. The van der Waals surface area contributed by atoms with Gasteiger partial charge >= 0.3 is 0 Å². The summed E-state index contributed by atoms with van der Waals surface area (Å²) in [6, 6.07) is 15.3. The molecule has 1 fully saturated rings. The summed E-state index contributed by atoms with van der Waals surface area (Å²) in [6.07, 6.45) is 5.03. The highest BCUT2D eigenvalue weighted by atomic mass is 16.3. The maximum atomic E-state index is 12.3. The Kier molecular flexibility index (Phi) is 4.89. The van der Waals surface area contributed by atoms with E-state index in [0.29, 0.717) is 25.0 Å². The molecule has 6 nitrogen and oxygen atoms in total. The van der Waals surface area contributed by atoms with E-state index in [2.05, 4.69) is 15.1 Å². The molecule has 27 heavy (non-hydrogen) atoms. The fourth-order valence-corrected chi connectivity index (χ4v) is 3.37. The lowest BCUT2D eigenvalue weighted by atomic mass is 10.0. The van der Waals surface area contributed by atoms with Gasteiger partial charge in [-0.2, -0.15) is 5.10 Å². The van der Waals surface area contributed by atoms with Crippen LogP contribution >= 0.6 is 0 Å². The zero-order chi connectivity index (χ0) is 18.6. The Hall–Kier alpha value is -3.12. The lowest BCUT2D eigenvalue weighted by Crippen LogP contribution is -2.32. The van der Waals surface area contributed by atoms with Gasteiger partial charge in [-0.15, -0.1) is 0 Å². The highest BCUT2D eigenvalue weighted by Crippen LogP contribution is 2.22. The zero-order valence-corrected chi connectivity index (χ0v) is 14.8. The summed E-state index contributed by atoms with van der Waals surface area (Å²) in [7, 11) is 0. The summed E-state index contributed by atoms with van der Waals surface area (Å²) in [4.78, 5) is 21.1. The number of pyridine rings is 2. The number of amides is 1.